The maximum atomic E-state index is 5.48. The van der Waals surface area contributed by atoms with E-state index < -0.39 is 18.3 Å². The summed E-state index contributed by atoms with van der Waals surface area (Å²) in [6.45, 7) is 9.10. The largest absolute Gasteiger partial charge is 0.509 e. The molecular weight excluding hydrogens is 256 g/mol. The lowest BCUT2D eigenvalue weighted by atomic mass is 9.99. The summed E-state index contributed by atoms with van der Waals surface area (Å²) in [6, 6.07) is 0. The van der Waals surface area contributed by atoms with Crippen LogP contribution >= 0.6 is 12.6 Å². The Hall–Kier alpha value is 0.664. The Morgan fingerprint density at radius 3 is 1.69 bits per heavy atom. The molecule has 0 aliphatic rings. The standard InChI is InChI=1S/C10H26O3SSi2/c1-8(2)10(3,4)15-9(14)16(11-5,12-6)13-7/h8-9,14H,15H2,1-7H3/t9-/m0/s1. The van der Waals surface area contributed by atoms with Crippen molar-refractivity contribution in [2.45, 2.75) is 37.2 Å². The second-order valence-electron chi connectivity index (χ2n) is 5.08. The van der Waals surface area contributed by atoms with E-state index in [-0.39, 0.29) is 4.50 Å². The molecule has 0 amide bonds. The maximum Gasteiger partial charge on any atom is 0.509 e. The fraction of sp³-hybridized carbons (Fsp3) is 1.00. The molecule has 0 saturated carbocycles. The minimum Gasteiger partial charge on any atom is -0.376 e. The summed E-state index contributed by atoms with van der Waals surface area (Å²) in [6.07, 6.45) is 0. The van der Waals surface area contributed by atoms with Crippen molar-refractivity contribution < 1.29 is 13.3 Å². The van der Waals surface area contributed by atoms with Crippen LogP contribution in [0.25, 0.3) is 0 Å². The topological polar surface area (TPSA) is 27.7 Å². The first kappa shape index (κ1) is 16.7. The van der Waals surface area contributed by atoms with E-state index in [2.05, 4.69) is 40.3 Å². The molecule has 0 aliphatic heterocycles. The summed E-state index contributed by atoms with van der Waals surface area (Å²) in [4.78, 5) is 0. The monoisotopic (exact) mass is 282 g/mol. The molecule has 0 heterocycles. The summed E-state index contributed by atoms with van der Waals surface area (Å²) < 4.78 is 16.6. The van der Waals surface area contributed by atoms with Crippen LogP contribution < -0.4 is 0 Å². The Bertz CT molecular complexity index is 200. The van der Waals surface area contributed by atoms with Crippen molar-refractivity contribution in [3.05, 3.63) is 0 Å². The molecule has 0 bridgehead atoms. The van der Waals surface area contributed by atoms with Gasteiger partial charge in [-0.3, -0.25) is 0 Å². The molecule has 0 spiro atoms. The molecule has 0 N–H and O–H groups in total. The van der Waals surface area contributed by atoms with Gasteiger partial charge in [0.2, 0.25) is 0 Å². The Balaban J connectivity index is 4.72. The van der Waals surface area contributed by atoms with E-state index in [0.29, 0.717) is 11.0 Å². The Morgan fingerprint density at radius 2 is 1.44 bits per heavy atom. The second kappa shape index (κ2) is 6.56. The van der Waals surface area contributed by atoms with Gasteiger partial charge in [0.1, 0.15) is 0 Å². The van der Waals surface area contributed by atoms with Crippen LogP contribution in [0.1, 0.15) is 27.7 Å². The van der Waals surface area contributed by atoms with Crippen molar-refractivity contribution in [3.8, 4) is 0 Å². The van der Waals surface area contributed by atoms with Crippen LogP contribution in [0.15, 0.2) is 0 Å². The summed E-state index contributed by atoms with van der Waals surface area (Å²) in [5.41, 5.74) is 0. The highest BCUT2D eigenvalue weighted by molar-refractivity contribution is 7.84. The SMILES string of the molecule is CO[Si](OC)(OC)[C@@H](S)[SiH2]C(C)(C)C(C)C. The molecule has 0 saturated heterocycles. The highest BCUT2D eigenvalue weighted by Gasteiger charge is 2.47. The summed E-state index contributed by atoms with van der Waals surface area (Å²) in [5.74, 6) is 0.645. The van der Waals surface area contributed by atoms with E-state index in [1.807, 2.05) is 0 Å². The van der Waals surface area contributed by atoms with E-state index in [1.54, 1.807) is 21.3 Å². The van der Waals surface area contributed by atoms with Gasteiger partial charge in [0.15, 0.2) is 0 Å². The van der Waals surface area contributed by atoms with Gasteiger partial charge in [-0.05, 0) is 11.0 Å². The van der Waals surface area contributed by atoms with Gasteiger partial charge in [-0.25, -0.2) is 0 Å². The molecular formula is C10H26O3SSi2. The Kier molecular flexibility index (Phi) is 6.83. The van der Waals surface area contributed by atoms with Crippen molar-refractivity contribution >= 4 is 31.0 Å². The van der Waals surface area contributed by atoms with Crippen molar-refractivity contribution in [2.24, 2.45) is 5.92 Å². The normalized spacial score (nSPS) is 16.3. The minimum atomic E-state index is -2.55. The van der Waals surface area contributed by atoms with Gasteiger partial charge in [0.25, 0.3) is 0 Å². The number of hydrogen-bond acceptors (Lipinski definition) is 4. The first-order valence-electron chi connectivity index (χ1n) is 5.59. The summed E-state index contributed by atoms with van der Waals surface area (Å²) >= 11 is 4.69. The van der Waals surface area contributed by atoms with Gasteiger partial charge in [-0.2, -0.15) is 12.6 Å². The van der Waals surface area contributed by atoms with Crippen LogP contribution in [0.5, 0.6) is 0 Å². The fourth-order valence-electron chi connectivity index (χ4n) is 1.52. The Labute approximate surface area is 109 Å². The minimum absolute atomic E-state index is 0.143. The molecule has 16 heavy (non-hydrogen) atoms. The average Bonchev–Trinajstić information content (AvgIpc) is 2.20. The molecule has 0 aliphatic carbocycles. The van der Waals surface area contributed by atoms with Gasteiger partial charge in [0.05, 0.1) is 4.50 Å². The molecule has 0 aromatic rings. The second-order valence-corrected chi connectivity index (χ2v) is 13.9. The van der Waals surface area contributed by atoms with Crippen LogP contribution in [0.2, 0.25) is 5.04 Å². The first-order chi connectivity index (χ1) is 7.25. The zero-order chi connectivity index (χ0) is 13.0. The van der Waals surface area contributed by atoms with Crippen LogP contribution in [0, 0.1) is 5.92 Å². The summed E-state index contributed by atoms with van der Waals surface area (Å²) in [5, 5.41) is 0.334. The molecule has 0 radical (unpaired) electrons. The number of thiol groups is 1. The van der Waals surface area contributed by atoms with Gasteiger partial charge in [-0.15, -0.1) is 0 Å². The quantitative estimate of drug-likeness (QED) is 0.569. The molecule has 0 aromatic heterocycles. The van der Waals surface area contributed by atoms with E-state index >= 15 is 0 Å². The third-order valence-electron chi connectivity index (χ3n) is 3.54. The first-order valence-corrected chi connectivity index (χ1v) is 9.43. The molecule has 0 unspecified atom stereocenters. The molecule has 0 aromatic carbocycles. The predicted octanol–water partition coefficient (Wildman–Crippen LogP) is 1.68. The lowest BCUT2D eigenvalue weighted by Crippen LogP contribution is -2.56. The fourth-order valence-corrected chi connectivity index (χ4v) is 10.7. The molecule has 6 heteroatoms. The lowest BCUT2D eigenvalue weighted by molar-refractivity contribution is 0.127. The van der Waals surface area contributed by atoms with E-state index in [4.69, 9.17) is 13.3 Å². The lowest BCUT2D eigenvalue weighted by Gasteiger charge is -2.36. The van der Waals surface area contributed by atoms with Crippen molar-refractivity contribution in [2.75, 3.05) is 21.3 Å². The molecule has 0 rings (SSSR count). The third kappa shape index (κ3) is 3.85. The molecule has 98 valence electrons. The van der Waals surface area contributed by atoms with Gasteiger partial charge < -0.3 is 13.3 Å². The average molecular weight is 283 g/mol. The van der Waals surface area contributed by atoms with E-state index in [9.17, 15) is 0 Å². The van der Waals surface area contributed by atoms with Crippen molar-refractivity contribution in [1.82, 2.24) is 0 Å². The molecule has 1 atom stereocenters. The van der Waals surface area contributed by atoms with Gasteiger partial charge >= 0.3 is 8.80 Å². The molecule has 3 nitrogen and oxygen atoms in total. The van der Waals surface area contributed by atoms with Crippen LogP contribution in [-0.2, 0) is 13.3 Å². The number of hydrogen-bond donors (Lipinski definition) is 1. The van der Waals surface area contributed by atoms with Crippen molar-refractivity contribution in [3.63, 3.8) is 0 Å². The van der Waals surface area contributed by atoms with Gasteiger partial charge in [0, 0.05) is 30.8 Å². The van der Waals surface area contributed by atoms with E-state index in [1.165, 1.54) is 0 Å². The predicted molar refractivity (Wildman–Crippen MR) is 77.0 cm³/mol. The highest BCUT2D eigenvalue weighted by Crippen LogP contribution is 2.36. The van der Waals surface area contributed by atoms with E-state index in [0.717, 1.165) is 0 Å². The highest BCUT2D eigenvalue weighted by atomic mass is 32.1. The number of rotatable bonds is 7. The summed E-state index contributed by atoms with van der Waals surface area (Å²) in [7, 11) is 1.94. The van der Waals surface area contributed by atoms with Crippen LogP contribution in [0.3, 0.4) is 0 Å². The van der Waals surface area contributed by atoms with Crippen LogP contribution in [0.4, 0.5) is 0 Å². The third-order valence-corrected chi connectivity index (χ3v) is 11.9. The maximum absolute atomic E-state index is 5.48. The smallest absolute Gasteiger partial charge is 0.376 e. The molecule has 0 fully saturated rings. The van der Waals surface area contributed by atoms with Crippen molar-refractivity contribution in [1.29, 1.82) is 0 Å². The zero-order valence-corrected chi connectivity index (χ0v) is 14.8. The van der Waals surface area contributed by atoms with Crippen LogP contribution in [-0.4, -0.2) is 44.1 Å². The van der Waals surface area contributed by atoms with Gasteiger partial charge in [-0.1, -0.05) is 27.7 Å². The zero-order valence-electron chi connectivity index (χ0n) is 11.5. The Morgan fingerprint density at radius 1 is 1.06 bits per heavy atom.